The Morgan fingerprint density at radius 3 is 3.36 bits per heavy atom. The Morgan fingerprint density at radius 2 is 2.64 bits per heavy atom. The van der Waals surface area contributed by atoms with Crippen LogP contribution in [0.25, 0.3) is 0 Å². The predicted molar refractivity (Wildman–Crippen MR) is 52.3 cm³/mol. The van der Waals surface area contributed by atoms with Gasteiger partial charge in [-0.3, -0.25) is 4.99 Å². The number of aromatic nitrogens is 2. The van der Waals surface area contributed by atoms with Crippen molar-refractivity contribution >= 4 is 6.34 Å². The third-order valence-corrected chi connectivity index (χ3v) is 2.03. The van der Waals surface area contributed by atoms with Crippen molar-refractivity contribution in [3.05, 3.63) is 24.4 Å². The summed E-state index contributed by atoms with van der Waals surface area (Å²) in [5.41, 5.74) is 0. The van der Waals surface area contributed by atoms with E-state index in [0.717, 1.165) is 6.54 Å². The zero-order valence-electron chi connectivity index (χ0n) is 7.81. The van der Waals surface area contributed by atoms with E-state index in [1.807, 2.05) is 0 Å². The lowest BCUT2D eigenvalue weighted by atomic mass is 10.1. The molecule has 1 atom stereocenters. The Labute approximate surface area is 81.9 Å². The quantitative estimate of drug-likeness (QED) is 0.709. The third-order valence-electron chi connectivity index (χ3n) is 2.03. The molecule has 2 rings (SSSR count). The van der Waals surface area contributed by atoms with Crippen LogP contribution in [-0.2, 0) is 6.42 Å². The molecule has 0 fully saturated rings. The first kappa shape index (κ1) is 8.93. The molecular formula is C9H12N4O. The van der Waals surface area contributed by atoms with Crippen LogP contribution in [0.3, 0.4) is 0 Å². The highest BCUT2D eigenvalue weighted by Crippen LogP contribution is 2.14. The van der Waals surface area contributed by atoms with E-state index in [4.69, 9.17) is 4.52 Å². The fourth-order valence-corrected chi connectivity index (χ4v) is 1.31. The molecule has 1 unspecified atom stereocenters. The molecule has 0 aliphatic carbocycles. The number of hydrogen-bond donors (Lipinski definition) is 1. The van der Waals surface area contributed by atoms with E-state index < -0.39 is 0 Å². The van der Waals surface area contributed by atoms with Crippen molar-refractivity contribution < 1.29 is 4.52 Å². The zero-order chi connectivity index (χ0) is 9.80. The molecule has 0 spiro atoms. The van der Waals surface area contributed by atoms with E-state index >= 15 is 0 Å². The Bertz CT molecular complexity index is 344. The second-order valence-corrected chi connectivity index (χ2v) is 3.14. The molecule has 0 saturated heterocycles. The summed E-state index contributed by atoms with van der Waals surface area (Å²) in [5.74, 6) is 1.54. The molecule has 0 aromatic carbocycles. The molecule has 1 N–H and O–H groups in total. The molecule has 1 aromatic rings. The minimum atomic E-state index is 0.200. The molecule has 0 saturated carbocycles. The minimum Gasteiger partial charge on any atom is -0.376 e. The molecule has 0 amide bonds. The van der Waals surface area contributed by atoms with E-state index in [1.54, 1.807) is 12.4 Å². The molecule has 5 nitrogen and oxygen atoms in total. The molecule has 1 aliphatic heterocycles. The molecule has 0 radical (unpaired) electrons. The molecule has 14 heavy (non-hydrogen) atoms. The van der Waals surface area contributed by atoms with Crippen molar-refractivity contribution in [3.8, 4) is 0 Å². The summed E-state index contributed by atoms with van der Waals surface area (Å²) in [4.78, 5) is 8.37. The fourth-order valence-electron chi connectivity index (χ4n) is 1.31. The molecule has 5 heteroatoms. The lowest BCUT2D eigenvalue weighted by Gasteiger charge is -2.13. The molecule has 2 heterocycles. The van der Waals surface area contributed by atoms with Gasteiger partial charge in [0.15, 0.2) is 5.82 Å². The van der Waals surface area contributed by atoms with E-state index in [9.17, 15) is 0 Å². The van der Waals surface area contributed by atoms with Gasteiger partial charge < -0.3 is 9.84 Å². The minimum absolute atomic E-state index is 0.200. The zero-order valence-corrected chi connectivity index (χ0v) is 7.81. The van der Waals surface area contributed by atoms with Crippen LogP contribution < -0.4 is 5.32 Å². The average molecular weight is 192 g/mol. The van der Waals surface area contributed by atoms with Gasteiger partial charge in [0.05, 0.1) is 18.8 Å². The number of nitrogens with zero attached hydrogens (tertiary/aromatic N) is 3. The van der Waals surface area contributed by atoms with Crippen molar-refractivity contribution in [3.63, 3.8) is 0 Å². The molecular weight excluding hydrogens is 180 g/mol. The lowest BCUT2D eigenvalue weighted by Crippen LogP contribution is -2.27. The summed E-state index contributed by atoms with van der Waals surface area (Å²) < 4.78 is 5.13. The Morgan fingerprint density at radius 1 is 1.71 bits per heavy atom. The van der Waals surface area contributed by atoms with Crippen molar-refractivity contribution in [1.82, 2.24) is 15.5 Å². The van der Waals surface area contributed by atoms with E-state index in [0.29, 0.717) is 24.7 Å². The fraction of sp³-hybridized carbons (Fsp3) is 0.444. The number of allylic oxidation sites excluding steroid dienone is 1. The van der Waals surface area contributed by atoms with E-state index in [-0.39, 0.29) is 5.92 Å². The molecule has 1 aliphatic rings. The largest absolute Gasteiger partial charge is 0.376 e. The number of hydrogen-bond acceptors (Lipinski definition) is 5. The van der Waals surface area contributed by atoms with Gasteiger partial charge in [0.1, 0.15) is 0 Å². The summed E-state index contributed by atoms with van der Waals surface area (Å²) in [5, 5.41) is 6.88. The monoisotopic (exact) mass is 192 g/mol. The van der Waals surface area contributed by atoms with Gasteiger partial charge in [-0.2, -0.15) is 4.98 Å². The Hall–Kier alpha value is -1.65. The first-order chi connectivity index (χ1) is 6.90. The van der Waals surface area contributed by atoms with Gasteiger partial charge in [-0.25, -0.2) is 0 Å². The average Bonchev–Trinajstić information content (AvgIpc) is 2.68. The normalized spacial score (nSPS) is 20.4. The molecule has 74 valence electrons. The summed E-state index contributed by atoms with van der Waals surface area (Å²) in [6.07, 6.45) is 4.11. The van der Waals surface area contributed by atoms with E-state index in [1.165, 1.54) is 0 Å². The van der Waals surface area contributed by atoms with Crippen LogP contribution in [0.4, 0.5) is 0 Å². The highest BCUT2D eigenvalue weighted by atomic mass is 16.5. The first-order valence-electron chi connectivity index (χ1n) is 4.55. The number of aliphatic imine (C=N–C) groups is 1. The first-order valence-corrected chi connectivity index (χ1v) is 4.55. The van der Waals surface area contributed by atoms with Crippen LogP contribution in [0.5, 0.6) is 0 Å². The van der Waals surface area contributed by atoms with Crippen molar-refractivity contribution in [2.24, 2.45) is 4.99 Å². The summed E-state index contributed by atoms with van der Waals surface area (Å²) in [7, 11) is 0. The summed E-state index contributed by atoms with van der Waals surface area (Å²) in [6.45, 7) is 5.14. The Balaban J connectivity index is 2.07. The van der Waals surface area contributed by atoms with Crippen molar-refractivity contribution in [2.75, 3.05) is 13.1 Å². The van der Waals surface area contributed by atoms with Crippen LogP contribution in [0, 0.1) is 0 Å². The highest BCUT2D eigenvalue weighted by Gasteiger charge is 2.19. The lowest BCUT2D eigenvalue weighted by molar-refractivity contribution is 0.348. The summed E-state index contributed by atoms with van der Waals surface area (Å²) >= 11 is 0. The van der Waals surface area contributed by atoms with Crippen molar-refractivity contribution in [2.45, 2.75) is 12.3 Å². The van der Waals surface area contributed by atoms with E-state index in [2.05, 4.69) is 27.0 Å². The summed E-state index contributed by atoms with van der Waals surface area (Å²) in [6, 6.07) is 0. The van der Waals surface area contributed by atoms with Crippen LogP contribution in [0.15, 0.2) is 22.2 Å². The molecule has 1 aromatic heterocycles. The maximum absolute atomic E-state index is 5.13. The van der Waals surface area contributed by atoms with Gasteiger partial charge in [-0.1, -0.05) is 11.2 Å². The number of rotatable bonds is 3. The van der Waals surface area contributed by atoms with Gasteiger partial charge in [0.25, 0.3) is 0 Å². The smallest absolute Gasteiger partial charge is 0.233 e. The van der Waals surface area contributed by atoms with Gasteiger partial charge in [-0.15, -0.1) is 6.58 Å². The second-order valence-electron chi connectivity index (χ2n) is 3.14. The molecule has 0 bridgehead atoms. The standard InChI is InChI=1S/C9H12N4O/c1-2-3-8-12-9(14-13-8)7-4-10-6-11-5-7/h2,6-7H,1,3-5H2,(H,10,11). The second kappa shape index (κ2) is 4.04. The van der Waals surface area contributed by atoms with Crippen molar-refractivity contribution in [1.29, 1.82) is 0 Å². The van der Waals surface area contributed by atoms with Crippen LogP contribution in [-0.4, -0.2) is 29.6 Å². The van der Waals surface area contributed by atoms with Gasteiger partial charge >= 0.3 is 0 Å². The predicted octanol–water partition coefficient (Wildman–Crippen LogP) is 0.513. The number of nitrogens with one attached hydrogen (secondary N) is 1. The van der Waals surface area contributed by atoms with Crippen LogP contribution >= 0.6 is 0 Å². The SMILES string of the molecule is C=CCc1noc(C2CN=CNC2)n1. The van der Waals surface area contributed by atoms with Gasteiger partial charge in [0.2, 0.25) is 5.89 Å². The Kier molecular flexibility index (Phi) is 2.58. The van der Waals surface area contributed by atoms with Gasteiger partial charge in [0, 0.05) is 13.0 Å². The van der Waals surface area contributed by atoms with Crippen LogP contribution in [0.1, 0.15) is 17.6 Å². The third kappa shape index (κ3) is 1.81. The maximum atomic E-state index is 5.13. The maximum Gasteiger partial charge on any atom is 0.233 e. The highest BCUT2D eigenvalue weighted by molar-refractivity contribution is 5.55. The van der Waals surface area contributed by atoms with Crippen LogP contribution in [0.2, 0.25) is 0 Å². The van der Waals surface area contributed by atoms with Gasteiger partial charge in [-0.05, 0) is 0 Å². The topological polar surface area (TPSA) is 63.3 Å².